The molecule has 3 aliphatic heterocycles. The summed E-state index contributed by atoms with van der Waals surface area (Å²) < 4.78 is 23.1. The van der Waals surface area contributed by atoms with Crippen molar-refractivity contribution >= 4 is 34.3 Å². The zero-order valence-corrected chi connectivity index (χ0v) is 42.7. The number of ether oxygens (including phenoxy) is 3. The number of imidazole rings is 3. The van der Waals surface area contributed by atoms with Gasteiger partial charge < -0.3 is 59.3 Å². The molecule has 18 nitrogen and oxygen atoms in total. The maximum atomic E-state index is 12.6. The third-order valence-electron chi connectivity index (χ3n) is 12.9. The first-order valence-electron chi connectivity index (χ1n) is 24.6. The molecule has 18 heteroatoms. The molecule has 3 unspecified atom stereocenters. The van der Waals surface area contributed by atoms with Crippen molar-refractivity contribution in [3.8, 4) is 0 Å². The molecule has 9 heterocycles. The zero-order chi connectivity index (χ0) is 50.2. The van der Waals surface area contributed by atoms with E-state index in [1.54, 1.807) is 0 Å². The van der Waals surface area contributed by atoms with Gasteiger partial charge in [-0.2, -0.15) is 0 Å². The minimum Gasteiger partial charge on any atom is -0.367 e. The van der Waals surface area contributed by atoms with Crippen LogP contribution < -0.4 is 31.9 Å². The number of aromatic nitrogens is 6. The Bertz CT molecular complexity index is 2610. The number of fused-ring (bicyclic) bond motifs is 3. The molecular formula is C52H74N12O6. The summed E-state index contributed by atoms with van der Waals surface area (Å²) in [6, 6.07) is 12.2. The summed E-state index contributed by atoms with van der Waals surface area (Å²) >= 11 is 0. The predicted octanol–water partition coefficient (Wildman–Crippen LogP) is 4.43. The number of hydrogen-bond acceptors (Lipinski definition) is 12. The highest BCUT2D eigenvalue weighted by atomic mass is 16.5. The fraction of sp³-hybridized carbons (Fsp3) is 0.538. The van der Waals surface area contributed by atoms with Crippen LogP contribution in [0.3, 0.4) is 0 Å². The van der Waals surface area contributed by atoms with Gasteiger partial charge in [-0.1, -0.05) is 18.2 Å². The van der Waals surface area contributed by atoms with Gasteiger partial charge in [0.2, 0.25) is 5.91 Å². The fourth-order valence-corrected chi connectivity index (χ4v) is 9.23. The summed E-state index contributed by atoms with van der Waals surface area (Å²) in [6.45, 7) is 26.2. The highest BCUT2D eigenvalue weighted by Crippen LogP contribution is 2.26. The Hall–Kier alpha value is -5.76. The standard InChI is InChI=1S/C18H26N4O2.2C17H24N4O2/c1-12-7-5-9-22-15(12)13(2)20-17(22)18(3,4)21-16(23)14-11-19-8-6-10-24-14;1-12-6-4-8-21-13(12)10-19-16(21)17(2,3)20-15(22)14-11-18-7-5-9-23-14;1-12-5-4-9-21-13(12)11-19-16(21)17(2,3)20-15(22)14-6-7-18-8-10-23-14/h5,7,9,14,19H,6,8,10-11H2,1-4H3,(H,21,23);4,6,8,10,14,18H,5,7,9,11H2,1-3H3,(H,20,22);4-5,9,11,14,18H,6-8,10H2,1-3H3,(H,20,22). The van der Waals surface area contributed by atoms with Gasteiger partial charge in [0.15, 0.2) is 0 Å². The van der Waals surface area contributed by atoms with Gasteiger partial charge in [-0.3, -0.25) is 14.4 Å². The average molecular weight is 963 g/mol. The maximum absolute atomic E-state index is 12.6. The van der Waals surface area contributed by atoms with E-state index in [9.17, 15) is 14.4 Å². The van der Waals surface area contributed by atoms with E-state index in [1.165, 1.54) is 5.56 Å². The van der Waals surface area contributed by atoms with E-state index in [0.29, 0.717) is 39.3 Å². The molecule has 0 saturated carbocycles. The Balaban J connectivity index is 0.000000155. The quantitative estimate of drug-likeness (QED) is 0.119. The number of nitrogens with zero attached hydrogens (tertiary/aromatic N) is 6. The predicted molar refractivity (Wildman–Crippen MR) is 270 cm³/mol. The van der Waals surface area contributed by atoms with Crippen LogP contribution in [0.4, 0.5) is 0 Å². The summed E-state index contributed by atoms with van der Waals surface area (Å²) in [6.07, 6.45) is 10.9. The van der Waals surface area contributed by atoms with Crippen LogP contribution >= 0.6 is 0 Å². The molecule has 6 aromatic heterocycles. The molecule has 6 N–H and O–H groups in total. The van der Waals surface area contributed by atoms with Crippen LogP contribution in [-0.2, 0) is 45.2 Å². The molecule has 6 aromatic rings. The third-order valence-corrected chi connectivity index (χ3v) is 12.9. The molecule has 0 aromatic carbocycles. The minimum atomic E-state index is -0.599. The van der Waals surface area contributed by atoms with Gasteiger partial charge >= 0.3 is 0 Å². The van der Waals surface area contributed by atoms with Gasteiger partial charge in [0.1, 0.15) is 35.8 Å². The van der Waals surface area contributed by atoms with E-state index in [2.05, 4.69) is 85.2 Å². The lowest BCUT2D eigenvalue weighted by Crippen LogP contribution is -2.49. The number of hydrogen-bond donors (Lipinski definition) is 6. The van der Waals surface area contributed by atoms with Crippen LogP contribution in [0, 0.1) is 27.7 Å². The Labute approximate surface area is 411 Å². The zero-order valence-electron chi connectivity index (χ0n) is 42.7. The van der Waals surface area contributed by atoms with Crippen molar-refractivity contribution in [1.29, 1.82) is 0 Å². The van der Waals surface area contributed by atoms with Crippen molar-refractivity contribution in [2.45, 2.75) is 123 Å². The first kappa shape index (κ1) is 52.1. The molecule has 3 atom stereocenters. The molecule has 70 heavy (non-hydrogen) atoms. The van der Waals surface area contributed by atoms with E-state index < -0.39 is 34.9 Å². The number of pyridine rings is 3. The van der Waals surface area contributed by atoms with Crippen LogP contribution in [0.5, 0.6) is 0 Å². The minimum absolute atomic E-state index is 0.0805. The summed E-state index contributed by atoms with van der Waals surface area (Å²) in [4.78, 5) is 51.6. The van der Waals surface area contributed by atoms with Crippen LogP contribution in [0.15, 0.2) is 67.4 Å². The molecular weight excluding hydrogens is 889 g/mol. The molecule has 378 valence electrons. The molecule has 3 fully saturated rings. The van der Waals surface area contributed by atoms with Gasteiger partial charge in [-0.25, -0.2) is 15.0 Å². The molecule has 3 aliphatic rings. The third kappa shape index (κ3) is 12.2. The van der Waals surface area contributed by atoms with E-state index in [0.717, 1.165) is 89.9 Å². The van der Waals surface area contributed by atoms with Gasteiger partial charge in [-0.05, 0) is 143 Å². The normalized spacial score (nSPS) is 19.4. The SMILES string of the molecule is Cc1cccn2c(C(C)(C)NC(=O)C3CCNCCO3)ncc12.Cc1cccn2c(C(C)(C)NC(=O)C3CNCCCO3)nc(C)c12.Cc1cccn2c(C(C)(C)NC(=O)C3CNCCCO3)ncc12. The molecule has 0 bridgehead atoms. The summed E-state index contributed by atoms with van der Waals surface area (Å²) in [5, 5.41) is 19.0. The molecule has 0 spiro atoms. The number of carbonyl (C=O) groups excluding carboxylic acids is 3. The van der Waals surface area contributed by atoms with Gasteiger partial charge in [-0.15, -0.1) is 0 Å². The van der Waals surface area contributed by atoms with Crippen LogP contribution in [-0.4, -0.2) is 123 Å². The Morgan fingerprint density at radius 3 is 1.51 bits per heavy atom. The monoisotopic (exact) mass is 963 g/mol. The highest BCUT2D eigenvalue weighted by molar-refractivity contribution is 5.83. The fourth-order valence-electron chi connectivity index (χ4n) is 9.23. The summed E-state index contributed by atoms with van der Waals surface area (Å²) in [5.41, 5.74) is 5.89. The number of nitrogens with one attached hydrogen (secondary N) is 6. The Morgan fingerprint density at radius 2 is 1.00 bits per heavy atom. The molecule has 0 radical (unpaired) electrons. The van der Waals surface area contributed by atoms with E-state index in [-0.39, 0.29) is 17.7 Å². The van der Waals surface area contributed by atoms with E-state index >= 15 is 0 Å². The van der Waals surface area contributed by atoms with E-state index in [1.807, 2.05) is 106 Å². The second kappa shape index (κ2) is 22.5. The largest absolute Gasteiger partial charge is 0.367 e. The first-order chi connectivity index (χ1) is 33.4. The topological polar surface area (TPSA) is 203 Å². The van der Waals surface area contributed by atoms with Gasteiger partial charge in [0.25, 0.3) is 11.8 Å². The lowest BCUT2D eigenvalue weighted by atomic mass is 10.0. The van der Waals surface area contributed by atoms with Crippen molar-refractivity contribution in [2.24, 2.45) is 0 Å². The molecule has 3 amide bonds. The maximum Gasteiger partial charge on any atom is 0.251 e. The van der Waals surface area contributed by atoms with Crippen LogP contribution in [0.1, 0.15) is 101 Å². The Kier molecular flexibility index (Phi) is 16.8. The van der Waals surface area contributed by atoms with Crippen molar-refractivity contribution in [3.63, 3.8) is 0 Å². The highest BCUT2D eigenvalue weighted by Gasteiger charge is 2.35. The lowest BCUT2D eigenvalue weighted by molar-refractivity contribution is -0.134. The van der Waals surface area contributed by atoms with Crippen LogP contribution in [0.2, 0.25) is 0 Å². The first-order valence-corrected chi connectivity index (χ1v) is 24.6. The number of aryl methyl sites for hydroxylation is 4. The molecule has 0 aliphatic carbocycles. The number of amides is 3. The number of rotatable bonds is 9. The lowest BCUT2D eigenvalue weighted by Gasteiger charge is -2.27. The van der Waals surface area contributed by atoms with Crippen LogP contribution in [0.25, 0.3) is 16.6 Å². The second-order valence-corrected chi connectivity index (χ2v) is 20.1. The van der Waals surface area contributed by atoms with Gasteiger partial charge in [0.05, 0.1) is 57.9 Å². The Morgan fingerprint density at radius 1 is 0.557 bits per heavy atom. The van der Waals surface area contributed by atoms with E-state index in [4.69, 9.17) is 19.2 Å². The average Bonchev–Trinajstić information content (AvgIpc) is 3.78. The summed E-state index contributed by atoms with van der Waals surface area (Å²) in [7, 11) is 0. The molecule has 9 rings (SSSR count). The van der Waals surface area contributed by atoms with Crippen molar-refractivity contribution < 1.29 is 28.6 Å². The summed E-state index contributed by atoms with van der Waals surface area (Å²) in [5.74, 6) is 2.17. The smallest absolute Gasteiger partial charge is 0.251 e. The van der Waals surface area contributed by atoms with Gasteiger partial charge in [0, 0.05) is 51.4 Å². The molecule has 3 saturated heterocycles. The van der Waals surface area contributed by atoms with Crippen molar-refractivity contribution in [2.75, 3.05) is 59.1 Å². The second-order valence-electron chi connectivity index (χ2n) is 20.1. The number of carbonyl (C=O) groups is 3. The van der Waals surface area contributed by atoms with Crippen molar-refractivity contribution in [3.05, 3.63) is 107 Å². The van der Waals surface area contributed by atoms with Crippen molar-refractivity contribution in [1.82, 2.24) is 60.1 Å².